The summed E-state index contributed by atoms with van der Waals surface area (Å²) in [5.41, 5.74) is 0. The largest absolute Gasteiger partial charge is 0.465 e. The maximum Gasteiger partial charge on any atom is 0.323 e. The topological polar surface area (TPSA) is 78.9 Å². The fraction of sp³-hybridized carbons (Fsp3) is 0.824. The van der Waals surface area contributed by atoms with Crippen molar-refractivity contribution in [2.75, 3.05) is 19.8 Å². The van der Waals surface area contributed by atoms with E-state index in [4.69, 9.17) is 14.2 Å². The van der Waals surface area contributed by atoms with Gasteiger partial charge in [0.25, 0.3) is 0 Å². The summed E-state index contributed by atoms with van der Waals surface area (Å²) >= 11 is 0. The van der Waals surface area contributed by atoms with E-state index in [0.29, 0.717) is 0 Å². The molecule has 0 radical (unpaired) electrons. The quantitative estimate of drug-likeness (QED) is 0.477. The van der Waals surface area contributed by atoms with Crippen molar-refractivity contribution in [1.82, 2.24) is 0 Å². The second-order valence-corrected chi connectivity index (χ2v) is 5.60. The summed E-state index contributed by atoms with van der Waals surface area (Å²) in [7, 11) is 0. The van der Waals surface area contributed by atoms with Crippen molar-refractivity contribution in [3.8, 4) is 0 Å². The number of ether oxygens (including phenoxy) is 3. The van der Waals surface area contributed by atoms with Gasteiger partial charge in [-0.1, -0.05) is 19.3 Å². The summed E-state index contributed by atoms with van der Waals surface area (Å²) in [6.07, 6.45) is 3.52. The van der Waals surface area contributed by atoms with Gasteiger partial charge in [-0.15, -0.1) is 0 Å². The van der Waals surface area contributed by atoms with Gasteiger partial charge in [0.15, 0.2) is 11.7 Å². The van der Waals surface area contributed by atoms with Crippen LogP contribution in [0.4, 0.5) is 0 Å². The summed E-state index contributed by atoms with van der Waals surface area (Å²) in [5, 5.41) is 0. The number of hydrogen-bond acceptors (Lipinski definition) is 6. The molecule has 0 aliphatic heterocycles. The van der Waals surface area contributed by atoms with Gasteiger partial charge in [-0.05, 0) is 33.6 Å². The number of rotatable bonds is 9. The Morgan fingerprint density at radius 3 is 1.83 bits per heavy atom. The third-order valence-electron chi connectivity index (χ3n) is 4.02. The summed E-state index contributed by atoms with van der Waals surface area (Å²) in [6.45, 7) is 5.53. The molecule has 0 saturated heterocycles. The zero-order valence-corrected chi connectivity index (χ0v) is 14.3. The molecule has 1 fully saturated rings. The normalized spacial score (nSPS) is 16.9. The lowest BCUT2D eigenvalue weighted by atomic mass is 9.81. The monoisotopic (exact) mass is 328 g/mol. The van der Waals surface area contributed by atoms with Gasteiger partial charge in [-0.25, -0.2) is 0 Å². The molecule has 1 aliphatic rings. The standard InChI is InChI=1S/C17H28O6/c1-4-21-15(14(18)12-10-8-7-9-11-12)13(16(19)22-5-2)17(20)23-6-3/h12-13,15H,4-11H2,1-3H3. The van der Waals surface area contributed by atoms with Crippen molar-refractivity contribution < 1.29 is 28.6 Å². The molecular weight excluding hydrogens is 300 g/mol. The molecule has 0 heterocycles. The van der Waals surface area contributed by atoms with Gasteiger partial charge < -0.3 is 14.2 Å². The Balaban J connectivity index is 2.99. The molecule has 1 atom stereocenters. The first-order valence-corrected chi connectivity index (χ1v) is 8.55. The number of ketones is 1. The van der Waals surface area contributed by atoms with E-state index in [1.807, 2.05) is 0 Å². The zero-order chi connectivity index (χ0) is 17.2. The van der Waals surface area contributed by atoms with Crippen LogP contribution in [0.5, 0.6) is 0 Å². The molecule has 0 aromatic carbocycles. The van der Waals surface area contributed by atoms with Gasteiger partial charge in [0.1, 0.15) is 6.10 Å². The van der Waals surface area contributed by atoms with Gasteiger partial charge in [-0.2, -0.15) is 0 Å². The van der Waals surface area contributed by atoms with E-state index < -0.39 is 24.0 Å². The zero-order valence-electron chi connectivity index (χ0n) is 14.3. The van der Waals surface area contributed by atoms with Crippen LogP contribution in [0, 0.1) is 11.8 Å². The summed E-state index contributed by atoms with van der Waals surface area (Å²) < 4.78 is 15.4. The minimum atomic E-state index is -1.34. The van der Waals surface area contributed by atoms with Gasteiger partial charge in [0, 0.05) is 12.5 Å². The highest BCUT2D eigenvalue weighted by atomic mass is 16.6. The van der Waals surface area contributed by atoms with Crippen LogP contribution >= 0.6 is 0 Å². The molecule has 0 N–H and O–H groups in total. The number of hydrogen-bond donors (Lipinski definition) is 0. The first-order chi connectivity index (χ1) is 11.1. The Morgan fingerprint density at radius 2 is 1.39 bits per heavy atom. The molecule has 0 amide bonds. The Labute approximate surface area is 137 Å². The molecule has 1 unspecified atom stereocenters. The molecule has 1 saturated carbocycles. The first kappa shape index (κ1) is 19.6. The van der Waals surface area contributed by atoms with Crippen molar-refractivity contribution >= 4 is 17.7 Å². The van der Waals surface area contributed by atoms with Crippen molar-refractivity contribution in [3.63, 3.8) is 0 Å². The van der Waals surface area contributed by atoms with Crippen molar-refractivity contribution in [2.24, 2.45) is 11.8 Å². The first-order valence-electron chi connectivity index (χ1n) is 8.55. The van der Waals surface area contributed by atoms with Gasteiger partial charge >= 0.3 is 11.9 Å². The van der Waals surface area contributed by atoms with E-state index in [9.17, 15) is 14.4 Å². The second kappa shape index (κ2) is 10.4. The number of carbonyl (C=O) groups is 3. The maximum absolute atomic E-state index is 12.8. The highest BCUT2D eigenvalue weighted by Gasteiger charge is 2.44. The average molecular weight is 328 g/mol. The highest BCUT2D eigenvalue weighted by Crippen LogP contribution is 2.28. The highest BCUT2D eigenvalue weighted by molar-refractivity contribution is 6.02. The van der Waals surface area contributed by atoms with Crippen LogP contribution in [0.25, 0.3) is 0 Å². The summed E-state index contributed by atoms with van der Waals surface area (Å²) in [5.74, 6) is -3.20. The van der Waals surface area contributed by atoms with E-state index >= 15 is 0 Å². The lowest BCUT2D eigenvalue weighted by Crippen LogP contribution is -2.46. The number of esters is 2. The lowest BCUT2D eigenvalue weighted by Gasteiger charge is -2.28. The molecule has 1 rings (SSSR count). The third kappa shape index (κ3) is 5.61. The van der Waals surface area contributed by atoms with Crippen LogP contribution in [0.3, 0.4) is 0 Å². The molecule has 0 spiro atoms. The van der Waals surface area contributed by atoms with E-state index in [1.165, 1.54) is 0 Å². The van der Waals surface area contributed by atoms with Crippen molar-refractivity contribution in [1.29, 1.82) is 0 Å². The molecule has 0 aromatic heterocycles. The van der Waals surface area contributed by atoms with Crippen LogP contribution in [-0.4, -0.2) is 43.6 Å². The fourth-order valence-corrected chi connectivity index (χ4v) is 2.95. The Kier molecular flexibility index (Phi) is 8.84. The van der Waals surface area contributed by atoms with E-state index in [1.54, 1.807) is 20.8 Å². The Morgan fingerprint density at radius 1 is 0.870 bits per heavy atom. The minimum absolute atomic E-state index is 0.130. The van der Waals surface area contributed by atoms with E-state index in [-0.39, 0.29) is 31.5 Å². The second-order valence-electron chi connectivity index (χ2n) is 5.60. The lowest BCUT2D eigenvalue weighted by molar-refractivity contribution is -0.173. The number of carbonyl (C=O) groups excluding carboxylic acids is 3. The number of Topliss-reactive ketones (excluding diaryl/α,β-unsaturated/α-hetero) is 1. The van der Waals surface area contributed by atoms with E-state index in [0.717, 1.165) is 32.1 Å². The van der Waals surface area contributed by atoms with Gasteiger partial charge in [-0.3, -0.25) is 14.4 Å². The van der Waals surface area contributed by atoms with Crippen molar-refractivity contribution in [3.05, 3.63) is 0 Å². The van der Waals surface area contributed by atoms with Crippen LogP contribution in [0.15, 0.2) is 0 Å². The Hall–Kier alpha value is -1.43. The predicted molar refractivity (Wildman–Crippen MR) is 83.8 cm³/mol. The predicted octanol–water partition coefficient (Wildman–Crippen LogP) is 2.28. The molecule has 0 aromatic rings. The molecule has 23 heavy (non-hydrogen) atoms. The average Bonchev–Trinajstić information content (AvgIpc) is 2.55. The van der Waals surface area contributed by atoms with Crippen molar-refractivity contribution in [2.45, 2.75) is 59.0 Å². The minimum Gasteiger partial charge on any atom is -0.465 e. The summed E-state index contributed by atoms with van der Waals surface area (Å²) in [6, 6.07) is 0. The SMILES string of the molecule is CCOC(=O)C(C(=O)OCC)C(OCC)C(=O)C1CCCCC1. The van der Waals surface area contributed by atoms with Crippen LogP contribution in [0.1, 0.15) is 52.9 Å². The molecule has 6 nitrogen and oxygen atoms in total. The molecule has 132 valence electrons. The van der Waals surface area contributed by atoms with Gasteiger partial charge in [0.05, 0.1) is 13.2 Å². The maximum atomic E-state index is 12.8. The third-order valence-corrected chi connectivity index (χ3v) is 4.02. The summed E-state index contributed by atoms with van der Waals surface area (Å²) in [4.78, 5) is 37.2. The van der Waals surface area contributed by atoms with Crippen LogP contribution < -0.4 is 0 Å². The Bertz CT molecular complexity index is 382. The van der Waals surface area contributed by atoms with Crippen LogP contribution in [-0.2, 0) is 28.6 Å². The molecule has 6 heteroatoms. The fourth-order valence-electron chi connectivity index (χ4n) is 2.95. The van der Waals surface area contributed by atoms with Crippen LogP contribution in [0.2, 0.25) is 0 Å². The van der Waals surface area contributed by atoms with E-state index in [2.05, 4.69) is 0 Å². The molecule has 1 aliphatic carbocycles. The smallest absolute Gasteiger partial charge is 0.323 e. The molecule has 0 bridgehead atoms. The molecular formula is C17H28O6. The van der Waals surface area contributed by atoms with Gasteiger partial charge in [0.2, 0.25) is 0 Å².